The number of amides is 1. The Balaban J connectivity index is 1.86. The summed E-state index contributed by atoms with van der Waals surface area (Å²) in [5.74, 6) is 1.98. The summed E-state index contributed by atoms with van der Waals surface area (Å²) in [6.45, 7) is 5.06. The van der Waals surface area contributed by atoms with E-state index in [9.17, 15) is 4.79 Å². The fourth-order valence-electron chi connectivity index (χ4n) is 2.98. The van der Waals surface area contributed by atoms with Crippen LogP contribution in [0.15, 0.2) is 18.2 Å². The topological polar surface area (TPSA) is 54.0 Å². The second kappa shape index (κ2) is 9.49. The standard InChI is InChI=1S/C18H29N3O3/c1-19-8-4-5-18(22)21-11-9-20(10-12-21)14-15-13-16(23-2)6-7-17(15)24-3/h6-7,13,19H,4-5,8-12,14H2,1-3H3. The van der Waals surface area contributed by atoms with E-state index in [-0.39, 0.29) is 5.91 Å². The summed E-state index contributed by atoms with van der Waals surface area (Å²) in [5, 5.41) is 3.08. The van der Waals surface area contributed by atoms with Crippen LogP contribution in [0.1, 0.15) is 18.4 Å². The van der Waals surface area contributed by atoms with Gasteiger partial charge in [-0.05, 0) is 38.2 Å². The maximum absolute atomic E-state index is 12.2. The van der Waals surface area contributed by atoms with E-state index >= 15 is 0 Å². The Hall–Kier alpha value is -1.79. The minimum Gasteiger partial charge on any atom is -0.497 e. The van der Waals surface area contributed by atoms with Gasteiger partial charge in [0.25, 0.3) is 0 Å². The molecule has 1 amide bonds. The van der Waals surface area contributed by atoms with Gasteiger partial charge < -0.3 is 19.7 Å². The lowest BCUT2D eigenvalue weighted by Crippen LogP contribution is -2.48. The number of piperazine rings is 1. The summed E-state index contributed by atoms with van der Waals surface area (Å²) >= 11 is 0. The van der Waals surface area contributed by atoms with E-state index in [0.717, 1.165) is 62.8 Å². The van der Waals surface area contributed by atoms with Gasteiger partial charge in [-0.2, -0.15) is 0 Å². The molecule has 1 heterocycles. The van der Waals surface area contributed by atoms with Crippen molar-refractivity contribution < 1.29 is 14.3 Å². The number of ether oxygens (including phenoxy) is 2. The quantitative estimate of drug-likeness (QED) is 0.727. The highest BCUT2D eigenvalue weighted by Crippen LogP contribution is 2.25. The van der Waals surface area contributed by atoms with Crippen LogP contribution >= 0.6 is 0 Å². The third kappa shape index (κ3) is 5.11. The van der Waals surface area contributed by atoms with Gasteiger partial charge in [0, 0.05) is 44.7 Å². The molecule has 6 nitrogen and oxygen atoms in total. The molecule has 24 heavy (non-hydrogen) atoms. The molecule has 0 spiro atoms. The molecule has 2 rings (SSSR count). The molecule has 1 N–H and O–H groups in total. The molecule has 0 aromatic heterocycles. The fourth-order valence-corrected chi connectivity index (χ4v) is 2.98. The largest absolute Gasteiger partial charge is 0.497 e. The Morgan fingerprint density at radius 3 is 2.54 bits per heavy atom. The Morgan fingerprint density at radius 1 is 1.17 bits per heavy atom. The molecule has 134 valence electrons. The summed E-state index contributed by atoms with van der Waals surface area (Å²) < 4.78 is 10.8. The number of rotatable bonds is 8. The predicted molar refractivity (Wildman–Crippen MR) is 94.6 cm³/mol. The van der Waals surface area contributed by atoms with Crippen molar-refractivity contribution >= 4 is 5.91 Å². The number of carbonyl (C=O) groups excluding carboxylic acids is 1. The highest BCUT2D eigenvalue weighted by molar-refractivity contribution is 5.76. The van der Waals surface area contributed by atoms with Gasteiger partial charge in [0.15, 0.2) is 0 Å². The normalized spacial score (nSPS) is 15.4. The third-order valence-electron chi connectivity index (χ3n) is 4.42. The zero-order valence-electron chi connectivity index (χ0n) is 15.0. The molecule has 0 aliphatic carbocycles. The van der Waals surface area contributed by atoms with Crippen molar-refractivity contribution in [3.63, 3.8) is 0 Å². The van der Waals surface area contributed by atoms with Crippen LogP contribution in [0.4, 0.5) is 0 Å². The summed E-state index contributed by atoms with van der Waals surface area (Å²) in [5.41, 5.74) is 1.12. The van der Waals surface area contributed by atoms with Gasteiger partial charge in [-0.1, -0.05) is 0 Å². The molecule has 1 aliphatic heterocycles. The highest BCUT2D eigenvalue weighted by atomic mass is 16.5. The summed E-state index contributed by atoms with van der Waals surface area (Å²) in [6, 6.07) is 5.87. The number of hydrogen-bond acceptors (Lipinski definition) is 5. The van der Waals surface area contributed by atoms with Crippen LogP contribution in [0.2, 0.25) is 0 Å². The zero-order chi connectivity index (χ0) is 17.4. The molecular weight excluding hydrogens is 306 g/mol. The van der Waals surface area contributed by atoms with Crippen molar-refractivity contribution in [2.75, 3.05) is 54.0 Å². The first-order chi connectivity index (χ1) is 11.7. The van der Waals surface area contributed by atoms with E-state index in [1.54, 1.807) is 14.2 Å². The molecule has 0 saturated carbocycles. The van der Waals surface area contributed by atoms with Crippen molar-refractivity contribution in [2.24, 2.45) is 0 Å². The number of nitrogens with one attached hydrogen (secondary N) is 1. The van der Waals surface area contributed by atoms with Gasteiger partial charge in [-0.3, -0.25) is 9.69 Å². The number of carbonyl (C=O) groups is 1. The van der Waals surface area contributed by atoms with Gasteiger partial charge in [0.1, 0.15) is 11.5 Å². The molecule has 0 atom stereocenters. The van der Waals surface area contributed by atoms with Crippen LogP contribution in [0, 0.1) is 0 Å². The molecule has 1 aliphatic rings. The van der Waals surface area contributed by atoms with Crippen LogP contribution < -0.4 is 14.8 Å². The minimum absolute atomic E-state index is 0.267. The smallest absolute Gasteiger partial charge is 0.222 e. The highest BCUT2D eigenvalue weighted by Gasteiger charge is 2.21. The number of hydrogen-bond donors (Lipinski definition) is 1. The van der Waals surface area contributed by atoms with E-state index in [1.165, 1.54) is 0 Å². The van der Waals surface area contributed by atoms with Crippen molar-refractivity contribution in [1.29, 1.82) is 0 Å². The van der Waals surface area contributed by atoms with Crippen molar-refractivity contribution in [3.8, 4) is 11.5 Å². The van der Waals surface area contributed by atoms with Crippen LogP contribution in [-0.2, 0) is 11.3 Å². The first-order valence-electron chi connectivity index (χ1n) is 8.53. The fraction of sp³-hybridized carbons (Fsp3) is 0.611. The van der Waals surface area contributed by atoms with Crippen LogP contribution in [0.3, 0.4) is 0 Å². The second-order valence-electron chi connectivity index (χ2n) is 6.04. The van der Waals surface area contributed by atoms with E-state index in [4.69, 9.17) is 9.47 Å². The SMILES string of the molecule is CNCCCC(=O)N1CCN(Cc2cc(OC)ccc2OC)CC1. The average molecular weight is 335 g/mol. The molecule has 0 unspecified atom stereocenters. The van der Waals surface area contributed by atoms with Crippen LogP contribution in [0.5, 0.6) is 11.5 Å². The molecular formula is C18H29N3O3. The Bertz CT molecular complexity index is 528. The first kappa shape index (κ1) is 18.5. The number of benzene rings is 1. The van der Waals surface area contributed by atoms with E-state index in [0.29, 0.717) is 6.42 Å². The first-order valence-corrected chi connectivity index (χ1v) is 8.53. The van der Waals surface area contributed by atoms with Crippen molar-refractivity contribution in [3.05, 3.63) is 23.8 Å². The second-order valence-corrected chi connectivity index (χ2v) is 6.04. The maximum atomic E-state index is 12.2. The lowest BCUT2D eigenvalue weighted by molar-refractivity contribution is -0.133. The molecule has 0 radical (unpaired) electrons. The monoisotopic (exact) mass is 335 g/mol. The van der Waals surface area contributed by atoms with Crippen molar-refractivity contribution in [2.45, 2.75) is 19.4 Å². The Morgan fingerprint density at radius 2 is 1.92 bits per heavy atom. The van der Waals surface area contributed by atoms with Gasteiger partial charge in [-0.25, -0.2) is 0 Å². The predicted octanol–water partition coefficient (Wildman–Crippen LogP) is 1.35. The van der Waals surface area contributed by atoms with Gasteiger partial charge >= 0.3 is 0 Å². The summed E-state index contributed by atoms with van der Waals surface area (Å²) in [6.07, 6.45) is 1.53. The van der Waals surface area contributed by atoms with Crippen LogP contribution in [-0.4, -0.2) is 69.7 Å². The lowest BCUT2D eigenvalue weighted by atomic mass is 10.1. The van der Waals surface area contributed by atoms with E-state index < -0.39 is 0 Å². The van der Waals surface area contributed by atoms with E-state index in [1.807, 2.05) is 30.1 Å². The van der Waals surface area contributed by atoms with Gasteiger partial charge in [0.05, 0.1) is 14.2 Å². The molecule has 0 bridgehead atoms. The van der Waals surface area contributed by atoms with Crippen molar-refractivity contribution in [1.82, 2.24) is 15.1 Å². The Kier molecular flexibility index (Phi) is 7.34. The number of methoxy groups -OCH3 is 2. The zero-order valence-corrected chi connectivity index (χ0v) is 15.0. The molecule has 6 heteroatoms. The molecule has 1 aromatic rings. The summed E-state index contributed by atoms with van der Waals surface area (Å²) in [4.78, 5) is 16.5. The van der Waals surface area contributed by atoms with Gasteiger partial charge in [-0.15, -0.1) is 0 Å². The molecule has 1 aromatic carbocycles. The third-order valence-corrected chi connectivity index (χ3v) is 4.42. The molecule has 1 fully saturated rings. The summed E-state index contributed by atoms with van der Waals surface area (Å²) in [7, 11) is 5.27. The minimum atomic E-state index is 0.267. The number of nitrogens with zero attached hydrogens (tertiary/aromatic N) is 2. The van der Waals surface area contributed by atoms with Gasteiger partial charge in [0.2, 0.25) is 5.91 Å². The lowest BCUT2D eigenvalue weighted by Gasteiger charge is -2.35. The molecule has 1 saturated heterocycles. The van der Waals surface area contributed by atoms with Crippen LogP contribution in [0.25, 0.3) is 0 Å². The maximum Gasteiger partial charge on any atom is 0.222 e. The average Bonchev–Trinajstić information content (AvgIpc) is 2.62. The Labute approximate surface area is 144 Å². The van der Waals surface area contributed by atoms with E-state index in [2.05, 4.69) is 10.2 Å².